The van der Waals surface area contributed by atoms with Gasteiger partial charge in [0.2, 0.25) is 0 Å². The minimum atomic E-state index is -4.51. The molecular formula is C11H10F3NO4. The largest absolute Gasteiger partial charge is 0.417 e. The molecule has 1 aromatic rings. The summed E-state index contributed by atoms with van der Waals surface area (Å²) in [4.78, 5) is 9.87. The highest BCUT2D eigenvalue weighted by atomic mass is 19.4. The Labute approximate surface area is 106 Å². The van der Waals surface area contributed by atoms with Crippen LogP contribution >= 0.6 is 0 Å². The maximum Gasteiger partial charge on any atom is 0.417 e. The van der Waals surface area contributed by atoms with Gasteiger partial charge in [0.05, 0.1) is 11.0 Å². The van der Waals surface area contributed by atoms with Crippen LogP contribution in [0.3, 0.4) is 0 Å². The average Bonchev–Trinajstić information content (AvgIpc) is 2.71. The van der Waals surface area contributed by atoms with Gasteiger partial charge < -0.3 is 9.47 Å². The number of rotatable bonds is 2. The van der Waals surface area contributed by atoms with E-state index >= 15 is 0 Å². The van der Waals surface area contributed by atoms with Gasteiger partial charge in [0.25, 0.3) is 5.69 Å². The van der Waals surface area contributed by atoms with Crippen LogP contribution in [0.2, 0.25) is 0 Å². The summed E-state index contributed by atoms with van der Waals surface area (Å²) in [5.41, 5.74) is 0.159. The number of nitro benzene ring substituents is 1. The van der Waals surface area contributed by atoms with Crippen LogP contribution in [0.4, 0.5) is 18.9 Å². The van der Waals surface area contributed by atoms with Crippen molar-refractivity contribution in [1.82, 2.24) is 0 Å². The molecule has 1 aromatic carbocycles. The Morgan fingerprint density at radius 3 is 2.21 bits per heavy atom. The molecule has 0 unspecified atom stereocenters. The molecule has 104 valence electrons. The zero-order valence-electron chi connectivity index (χ0n) is 9.76. The first kappa shape index (κ1) is 13.8. The summed E-state index contributed by atoms with van der Waals surface area (Å²) >= 11 is 0. The highest BCUT2D eigenvalue weighted by Gasteiger charge is 2.51. The molecule has 1 saturated heterocycles. The quantitative estimate of drug-likeness (QED) is 0.616. The third-order valence-corrected chi connectivity index (χ3v) is 2.73. The van der Waals surface area contributed by atoms with Crippen molar-refractivity contribution in [3.8, 4) is 0 Å². The van der Waals surface area contributed by atoms with E-state index in [4.69, 9.17) is 9.47 Å². The second kappa shape index (κ2) is 4.78. The minimum absolute atomic E-state index is 0.151. The SMILES string of the molecule is C[C@@H]1O[C@H](c2ccc([N+](=O)[O-])cc2)O[C@@H]1C(F)(F)F. The molecule has 3 atom stereocenters. The highest BCUT2D eigenvalue weighted by molar-refractivity contribution is 5.33. The minimum Gasteiger partial charge on any atom is -0.342 e. The van der Waals surface area contributed by atoms with Crippen LogP contribution in [0, 0.1) is 10.1 Å². The molecule has 8 heteroatoms. The molecule has 1 aliphatic rings. The maximum atomic E-state index is 12.6. The first-order valence-corrected chi connectivity index (χ1v) is 5.41. The Morgan fingerprint density at radius 2 is 1.79 bits per heavy atom. The number of nitrogens with zero attached hydrogens (tertiary/aromatic N) is 1. The van der Waals surface area contributed by atoms with Crippen molar-refractivity contribution in [2.75, 3.05) is 0 Å². The molecule has 5 nitrogen and oxygen atoms in total. The summed E-state index contributed by atoms with van der Waals surface area (Å²) in [7, 11) is 0. The summed E-state index contributed by atoms with van der Waals surface area (Å²) in [6, 6.07) is 5.00. The van der Waals surface area contributed by atoms with Crippen molar-refractivity contribution in [3.63, 3.8) is 0 Å². The standard InChI is InChI=1S/C11H10F3NO4/c1-6-9(11(12,13)14)19-10(18-6)7-2-4-8(5-3-7)15(16)17/h2-6,9-10H,1H3/t6-,9-,10-/m0/s1. The van der Waals surface area contributed by atoms with Crippen LogP contribution < -0.4 is 0 Å². The van der Waals surface area contributed by atoms with Crippen LogP contribution in [-0.2, 0) is 9.47 Å². The Balaban J connectivity index is 2.14. The zero-order valence-corrected chi connectivity index (χ0v) is 9.76. The van der Waals surface area contributed by atoms with Gasteiger partial charge in [-0.25, -0.2) is 0 Å². The van der Waals surface area contributed by atoms with Gasteiger partial charge in [0.1, 0.15) is 0 Å². The lowest BCUT2D eigenvalue weighted by Crippen LogP contribution is -2.35. The van der Waals surface area contributed by atoms with Crippen LogP contribution in [-0.4, -0.2) is 23.3 Å². The Hall–Kier alpha value is -1.67. The molecule has 0 bridgehead atoms. The fourth-order valence-corrected chi connectivity index (χ4v) is 1.80. The summed E-state index contributed by atoms with van der Waals surface area (Å²) < 4.78 is 47.6. The van der Waals surface area contributed by atoms with E-state index in [2.05, 4.69) is 0 Å². The van der Waals surface area contributed by atoms with E-state index < -0.39 is 29.6 Å². The number of non-ortho nitro benzene ring substituents is 1. The van der Waals surface area contributed by atoms with Crippen LogP contribution in [0.1, 0.15) is 18.8 Å². The highest BCUT2D eigenvalue weighted by Crippen LogP contribution is 2.39. The molecule has 1 heterocycles. The average molecular weight is 277 g/mol. The number of alkyl halides is 3. The molecular weight excluding hydrogens is 267 g/mol. The number of nitro groups is 1. The van der Waals surface area contributed by atoms with Gasteiger partial charge in [0, 0.05) is 17.7 Å². The Morgan fingerprint density at radius 1 is 1.21 bits per heavy atom. The molecule has 0 N–H and O–H groups in total. The number of hydrogen-bond acceptors (Lipinski definition) is 4. The fraction of sp³-hybridized carbons (Fsp3) is 0.455. The third-order valence-electron chi connectivity index (χ3n) is 2.73. The molecule has 19 heavy (non-hydrogen) atoms. The monoisotopic (exact) mass is 277 g/mol. The molecule has 1 aliphatic heterocycles. The van der Waals surface area contributed by atoms with Crippen molar-refractivity contribution in [1.29, 1.82) is 0 Å². The number of halogens is 3. The number of ether oxygens (including phenoxy) is 2. The normalized spacial score (nSPS) is 27.5. The lowest BCUT2D eigenvalue weighted by Gasteiger charge is -2.16. The van der Waals surface area contributed by atoms with Gasteiger partial charge in [0.15, 0.2) is 12.4 Å². The van der Waals surface area contributed by atoms with Crippen LogP contribution in [0.25, 0.3) is 0 Å². The van der Waals surface area contributed by atoms with Crippen molar-refractivity contribution in [3.05, 3.63) is 39.9 Å². The maximum absolute atomic E-state index is 12.6. The van der Waals surface area contributed by atoms with Crippen molar-refractivity contribution in [2.24, 2.45) is 0 Å². The van der Waals surface area contributed by atoms with Gasteiger partial charge in [-0.15, -0.1) is 0 Å². The molecule has 0 radical (unpaired) electrons. The topological polar surface area (TPSA) is 61.6 Å². The van der Waals surface area contributed by atoms with Gasteiger partial charge in [-0.1, -0.05) is 0 Å². The fourth-order valence-electron chi connectivity index (χ4n) is 1.80. The molecule has 1 fully saturated rings. The molecule has 0 aromatic heterocycles. The third kappa shape index (κ3) is 2.85. The van der Waals surface area contributed by atoms with E-state index in [-0.39, 0.29) is 5.69 Å². The van der Waals surface area contributed by atoms with E-state index in [9.17, 15) is 23.3 Å². The summed E-state index contributed by atoms with van der Waals surface area (Å²) in [6.45, 7) is 1.27. The first-order chi connectivity index (χ1) is 8.79. The van der Waals surface area contributed by atoms with Crippen molar-refractivity contribution >= 4 is 5.69 Å². The number of hydrogen-bond donors (Lipinski definition) is 0. The summed E-state index contributed by atoms with van der Waals surface area (Å²) in [6.07, 6.45) is -8.79. The van der Waals surface area contributed by atoms with E-state index in [1.807, 2.05) is 0 Å². The molecule has 0 spiro atoms. The summed E-state index contributed by atoms with van der Waals surface area (Å²) in [5, 5.41) is 10.5. The van der Waals surface area contributed by atoms with Crippen LogP contribution in [0.5, 0.6) is 0 Å². The Bertz CT molecular complexity index is 474. The molecule has 0 amide bonds. The lowest BCUT2D eigenvalue weighted by atomic mass is 10.2. The number of benzene rings is 1. The predicted molar refractivity (Wildman–Crippen MR) is 57.3 cm³/mol. The summed E-state index contributed by atoms with van der Waals surface area (Å²) in [5.74, 6) is 0. The Kier molecular flexibility index (Phi) is 3.46. The first-order valence-electron chi connectivity index (χ1n) is 5.41. The lowest BCUT2D eigenvalue weighted by molar-refractivity contribution is -0.384. The second-order valence-electron chi connectivity index (χ2n) is 4.12. The van der Waals surface area contributed by atoms with E-state index in [1.54, 1.807) is 0 Å². The van der Waals surface area contributed by atoms with Gasteiger partial charge in [-0.2, -0.15) is 13.2 Å². The van der Waals surface area contributed by atoms with Gasteiger partial charge >= 0.3 is 6.18 Å². The van der Waals surface area contributed by atoms with Gasteiger partial charge in [-0.3, -0.25) is 10.1 Å². The van der Waals surface area contributed by atoms with E-state index in [0.717, 1.165) is 0 Å². The predicted octanol–water partition coefficient (Wildman–Crippen LogP) is 2.96. The van der Waals surface area contributed by atoms with Gasteiger partial charge in [-0.05, 0) is 19.1 Å². The second-order valence-corrected chi connectivity index (χ2v) is 4.12. The molecule has 0 aliphatic carbocycles. The zero-order chi connectivity index (χ0) is 14.2. The van der Waals surface area contributed by atoms with Crippen molar-refractivity contribution in [2.45, 2.75) is 31.6 Å². The molecule has 2 rings (SSSR count). The molecule has 0 saturated carbocycles. The van der Waals surface area contributed by atoms with E-state index in [1.165, 1.54) is 31.2 Å². The van der Waals surface area contributed by atoms with Crippen molar-refractivity contribution < 1.29 is 27.6 Å². The van der Waals surface area contributed by atoms with Crippen LogP contribution in [0.15, 0.2) is 24.3 Å². The van der Waals surface area contributed by atoms with E-state index in [0.29, 0.717) is 5.56 Å². The smallest absolute Gasteiger partial charge is 0.342 e.